The summed E-state index contributed by atoms with van der Waals surface area (Å²) in [5.41, 5.74) is 2.41. The van der Waals surface area contributed by atoms with Crippen LogP contribution < -0.4 is 15.9 Å². The minimum Gasteiger partial charge on any atom is -0.482 e. The maximum Gasteiger partial charge on any atom is 0.422 e. The number of hydrogen-bond donors (Lipinski definition) is 0. The fraction of sp³-hybridized carbons (Fsp3) is 0.196. The Morgan fingerprint density at radius 3 is 1.89 bits per heavy atom. The lowest BCUT2D eigenvalue weighted by atomic mass is 10.1. The first-order chi connectivity index (χ1) is 33.7. The Morgan fingerprint density at radius 2 is 1.26 bits per heavy atom. The molecule has 0 fully saturated rings. The molecule has 0 aliphatic heterocycles. The first-order valence-corrected chi connectivity index (χ1v) is 21.4. The lowest BCUT2D eigenvalue weighted by Gasteiger charge is -2.19. The molecule has 0 N–H and O–H groups in total. The standard InChI is InChI=1S/C46H33F5N14O5/c1-23-10-38(69-59-23)27-13-33(47)41-56-55-40(64(41)20-27)25(3)62-8-4-35-31(44(62)66)12-26(16-52-35)29-17-54-61(19-29)7-6-37(43-58-57-42-34(48)14-28(21-65(42)43)39-11-24(2)60-70-39)63-9-5-36-32(45(63)67)15-30(18-53-36)68-22-46(49,50)51/h4-5,8-21,25,37H,6-7,22H2,1-3H3/t25-,37?/m1/s1. The molecule has 11 heterocycles. The monoisotopic (exact) mass is 956 g/mol. The summed E-state index contributed by atoms with van der Waals surface area (Å²) in [6, 6.07) is 10.2. The van der Waals surface area contributed by atoms with Gasteiger partial charge < -0.3 is 22.9 Å². The van der Waals surface area contributed by atoms with E-state index in [1.165, 1.54) is 48.4 Å². The van der Waals surface area contributed by atoms with Crippen molar-refractivity contribution in [1.29, 1.82) is 0 Å². The quantitative estimate of drug-likeness (QED) is 0.109. The summed E-state index contributed by atoms with van der Waals surface area (Å²) in [5.74, 6) is -0.607. The smallest absolute Gasteiger partial charge is 0.422 e. The number of ether oxygens (including phenoxy) is 1. The molecule has 19 nitrogen and oxygen atoms in total. The Kier molecular flexibility index (Phi) is 10.4. The largest absolute Gasteiger partial charge is 0.482 e. The Morgan fingerprint density at radius 1 is 0.671 bits per heavy atom. The van der Waals surface area contributed by atoms with Crippen LogP contribution in [-0.4, -0.2) is 81.2 Å². The molecule has 0 aromatic carbocycles. The van der Waals surface area contributed by atoms with Crippen molar-refractivity contribution >= 4 is 33.1 Å². The molecule has 0 saturated heterocycles. The highest BCUT2D eigenvalue weighted by atomic mass is 19.4. The van der Waals surface area contributed by atoms with Crippen molar-refractivity contribution in [3.63, 3.8) is 0 Å². The Bertz CT molecular complexity index is 3960. The van der Waals surface area contributed by atoms with Gasteiger partial charge in [-0.2, -0.15) is 18.3 Å². The summed E-state index contributed by atoms with van der Waals surface area (Å²) < 4.78 is 93.0. The highest BCUT2D eigenvalue weighted by Gasteiger charge is 2.29. The maximum absolute atomic E-state index is 15.7. The summed E-state index contributed by atoms with van der Waals surface area (Å²) in [6.07, 6.45) is 7.67. The second-order valence-corrected chi connectivity index (χ2v) is 16.5. The predicted molar refractivity (Wildman–Crippen MR) is 238 cm³/mol. The lowest BCUT2D eigenvalue weighted by molar-refractivity contribution is -0.153. The molecule has 2 atom stereocenters. The molecule has 11 aromatic heterocycles. The van der Waals surface area contributed by atoms with Crippen LogP contribution in [0.25, 0.3) is 66.9 Å². The second kappa shape index (κ2) is 16.7. The van der Waals surface area contributed by atoms with Crippen LogP contribution in [0, 0.1) is 25.5 Å². The topological polar surface area (TPSA) is 209 Å². The van der Waals surface area contributed by atoms with Crippen molar-refractivity contribution in [2.24, 2.45) is 0 Å². The number of rotatable bonds is 12. The van der Waals surface area contributed by atoms with Gasteiger partial charge in [0.25, 0.3) is 11.1 Å². The molecule has 0 amide bonds. The van der Waals surface area contributed by atoms with Gasteiger partial charge in [-0.25, -0.2) is 8.78 Å². The molecule has 11 aromatic rings. The predicted octanol–water partition coefficient (Wildman–Crippen LogP) is 7.49. The van der Waals surface area contributed by atoms with Gasteiger partial charge in [0.05, 0.1) is 57.7 Å². The zero-order chi connectivity index (χ0) is 48.6. The number of aromatic nitrogens is 14. The minimum absolute atomic E-state index is 0.0349. The van der Waals surface area contributed by atoms with E-state index in [0.29, 0.717) is 44.9 Å². The molecule has 0 radical (unpaired) electrons. The highest BCUT2D eigenvalue weighted by Crippen LogP contribution is 2.30. The van der Waals surface area contributed by atoms with Crippen molar-refractivity contribution in [2.45, 2.75) is 52.0 Å². The van der Waals surface area contributed by atoms with Crippen LogP contribution in [0.3, 0.4) is 0 Å². The molecular formula is C46H33F5N14O5. The summed E-state index contributed by atoms with van der Waals surface area (Å²) >= 11 is 0. The molecule has 352 valence electrons. The number of hydrogen-bond acceptors (Lipinski definition) is 14. The van der Waals surface area contributed by atoms with E-state index in [4.69, 9.17) is 13.8 Å². The highest BCUT2D eigenvalue weighted by molar-refractivity contribution is 5.82. The second-order valence-electron chi connectivity index (χ2n) is 16.5. The molecule has 0 bridgehead atoms. The molecule has 0 spiro atoms. The summed E-state index contributed by atoms with van der Waals surface area (Å²) in [4.78, 5) is 37.2. The van der Waals surface area contributed by atoms with Crippen LogP contribution >= 0.6 is 0 Å². The fourth-order valence-electron chi connectivity index (χ4n) is 8.34. The van der Waals surface area contributed by atoms with E-state index in [9.17, 15) is 22.8 Å². The fourth-order valence-corrected chi connectivity index (χ4v) is 8.34. The SMILES string of the molecule is Cc1cc(-c2cc(F)c3nnc(C(CCn4cc(-c5cnc6ccn([C@H](C)c7nnc8c(F)cc(-c9cc(C)no9)cn78)c(=O)c6c5)cn4)n4ccc5ncc(OCC(F)(F)F)cc5c4=O)n3c2)on1. The zero-order valence-corrected chi connectivity index (χ0v) is 36.7. The van der Waals surface area contributed by atoms with Gasteiger partial charge in [-0.1, -0.05) is 10.3 Å². The van der Waals surface area contributed by atoms with Crippen LogP contribution in [0.1, 0.15) is 48.5 Å². The van der Waals surface area contributed by atoms with Crippen molar-refractivity contribution in [2.75, 3.05) is 6.61 Å². The van der Waals surface area contributed by atoms with Gasteiger partial charge in [-0.05, 0) is 63.6 Å². The number of fused-ring (bicyclic) bond motifs is 4. The number of halogens is 5. The third kappa shape index (κ3) is 7.86. The number of aryl methyl sites for hydroxylation is 3. The van der Waals surface area contributed by atoms with Gasteiger partial charge in [0.2, 0.25) is 0 Å². The Balaban J connectivity index is 0.923. The van der Waals surface area contributed by atoms with Gasteiger partial charge in [-0.15, -0.1) is 20.4 Å². The van der Waals surface area contributed by atoms with E-state index in [-0.39, 0.29) is 63.7 Å². The number of pyridine rings is 6. The molecule has 0 saturated carbocycles. The van der Waals surface area contributed by atoms with Crippen LogP contribution in [0.5, 0.6) is 5.75 Å². The van der Waals surface area contributed by atoms with Gasteiger partial charge >= 0.3 is 6.18 Å². The molecule has 0 aliphatic rings. The van der Waals surface area contributed by atoms with Gasteiger partial charge in [0.15, 0.2) is 52.7 Å². The number of nitrogens with zero attached hydrogens (tertiary/aromatic N) is 14. The molecule has 1 unspecified atom stereocenters. The van der Waals surface area contributed by atoms with E-state index in [0.717, 1.165) is 6.20 Å². The molecule has 70 heavy (non-hydrogen) atoms. The number of alkyl halides is 3. The van der Waals surface area contributed by atoms with E-state index in [1.54, 1.807) is 86.9 Å². The third-order valence-electron chi connectivity index (χ3n) is 11.8. The summed E-state index contributed by atoms with van der Waals surface area (Å²) in [7, 11) is 0. The average molecular weight is 957 g/mol. The van der Waals surface area contributed by atoms with Gasteiger partial charge in [0.1, 0.15) is 5.75 Å². The van der Waals surface area contributed by atoms with Gasteiger partial charge in [-0.3, -0.25) is 33.0 Å². The first-order valence-electron chi connectivity index (χ1n) is 21.4. The normalized spacial score (nSPS) is 13.0. The van der Waals surface area contributed by atoms with E-state index in [2.05, 4.69) is 45.8 Å². The van der Waals surface area contributed by atoms with Crippen molar-refractivity contribution in [3.8, 4) is 39.5 Å². The van der Waals surface area contributed by atoms with Crippen LogP contribution in [0.4, 0.5) is 22.0 Å². The summed E-state index contributed by atoms with van der Waals surface area (Å²) in [6.45, 7) is 3.74. The van der Waals surface area contributed by atoms with Crippen LogP contribution in [0.15, 0.2) is 117 Å². The minimum atomic E-state index is -4.63. The first kappa shape index (κ1) is 43.6. The molecule has 24 heteroatoms. The Hall–Kier alpha value is -8.96. The van der Waals surface area contributed by atoms with Crippen molar-refractivity contribution < 1.29 is 35.7 Å². The van der Waals surface area contributed by atoms with Gasteiger partial charge in [0, 0.05) is 78.1 Å². The molecule has 0 aliphatic carbocycles. The maximum atomic E-state index is 15.7. The molecule has 11 rings (SSSR count). The Labute approximate surface area is 388 Å². The van der Waals surface area contributed by atoms with Crippen LogP contribution in [0.2, 0.25) is 0 Å². The van der Waals surface area contributed by atoms with Crippen LogP contribution in [-0.2, 0) is 6.54 Å². The molecular weight excluding hydrogens is 924 g/mol. The lowest BCUT2D eigenvalue weighted by Crippen LogP contribution is -2.28. The van der Waals surface area contributed by atoms with E-state index < -0.39 is 47.6 Å². The zero-order valence-electron chi connectivity index (χ0n) is 36.7. The van der Waals surface area contributed by atoms with Crippen molar-refractivity contribution in [3.05, 3.63) is 153 Å². The summed E-state index contributed by atoms with van der Waals surface area (Å²) in [5, 5.41) is 29.3. The average Bonchev–Trinajstić information content (AvgIpc) is 4.21. The van der Waals surface area contributed by atoms with Crippen molar-refractivity contribution in [1.82, 2.24) is 68.4 Å². The van der Waals surface area contributed by atoms with E-state index in [1.807, 2.05) is 0 Å². The van der Waals surface area contributed by atoms with E-state index >= 15 is 8.78 Å². The third-order valence-corrected chi connectivity index (χ3v) is 11.8.